The number of halogens is 4. The fourth-order valence-corrected chi connectivity index (χ4v) is 5.14. The Morgan fingerprint density at radius 2 is 1.71 bits per heavy atom. The van der Waals surface area contributed by atoms with E-state index < -0.39 is 6.67 Å². The van der Waals surface area contributed by atoms with Gasteiger partial charge in [-0.15, -0.1) is 12.4 Å². The summed E-state index contributed by atoms with van der Waals surface area (Å²) in [6.45, 7) is 4.41. The number of benzene rings is 2. The lowest BCUT2D eigenvalue weighted by Gasteiger charge is -2.39. The van der Waals surface area contributed by atoms with Gasteiger partial charge in [0.15, 0.2) is 5.78 Å². The number of carbonyl (C=O) groups excluding carboxylic acids is 1. The predicted molar refractivity (Wildman–Crippen MR) is 146 cm³/mol. The Kier molecular flexibility index (Phi) is 9.65. The van der Waals surface area contributed by atoms with E-state index in [2.05, 4.69) is 14.4 Å². The second-order valence-electron chi connectivity index (χ2n) is 8.82. The first-order chi connectivity index (χ1) is 16.4. The third kappa shape index (κ3) is 6.03. The number of hydrogen-bond acceptors (Lipinski definition) is 3. The van der Waals surface area contributed by atoms with E-state index in [9.17, 15) is 9.18 Å². The average molecular weight is 539 g/mol. The minimum absolute atomic E-state index is 0. The minimum Gasteiger partial charge on any atom is -0.368 e. The van der Waals surface area contributed by atoms with Crippen molar-refractivity contribution in [2.24, 2.45) is 7.05 Å². The zero-order valence-corrected chi connectivity index (χ0v) is 22.3. The first-order valence-corrected chi connectivity index (χ1v) is 12.4. The van der Waals surface area contributed by atoms with Crippen molar-refractivity contribution in [2.75, 3.05) is 37.8 Å². The lowest BCUT2D eigenvalue weighted by atomic mass is 10.0. The molecule has 4 rings (SSSR count). The molecule has 2 aromatic carbocycles. The fourth-order valence-electron chi connectivity index (χ4n) is 4.72. The molecule has 1 saturated heterocycles. The largest absolute Gasteiger partial charge is 0.368 e. The predicted octanol–water partition coefficient (Wildman–Crippen LogP) is 6.85. The van der Waals surface area contributed by atoms with Gasteiger partial charge in [0.25, 0.3) is 0 Å². The van der Waals surface area contributed by atoms with Gasteiger partial charge < -0.3 is 9.47 Å². The van der Waals surface area contributed by atoms with Gasteiger partial charge in [0, 0.05) is 62.6 Å². The number of carbonyl (C=O) groups is 1. The molecular formula is C27H31Cl3FN3O. The van der Waals surface area contributed by atoms with Crippen LogP contribution in [0.5, 0.6) is 0 Å². The Balaban J connectivity index is 0.00000342. The molecule has 1 aromatic heterocycles. The van der Waals surface area contributed by atoms with E-state index >= 15 is 0 Å². The summed E-state index contributed by atoms with van der Waals surface area (Å²) >= 11 is 12.5. The summed E-state index contributed by atoms with van der Waals surface area (Å²) < 4.78 is 16.0. The molecule has 1 atom stereocenters. The second kappa shape index (κ2) is 12.3. The van der Waals surface area contributed by atoms with Crippen LogP contribution in [-0.4, -0.2) is 54.1 Å². The van der Waals surface area contributed by atoms with E-state index in [1.807, 2.05) is 62.5 Å². The first-order valence-electron chi connectivity index (χ1n) is 11.6. The van der Waals surface area contributed by atoms with Crippen LogP contribution in [0.3, 0.4) is 0 Å². The number of aromatic nitrogens is 1. The molecular weight excluding hydrogens is 508 g/mol. The number of alkyl halides is 1. The number of piperazine rings is 1. The molecule has 35 heavy (non-hydrogen) atoms. The Hall–Kier alpha value is -2.05. The van der Waals surface area contributed by atoms with Crippen molar-refractivity contribution >= 4 is 47.1 Å². The molecule has 3 aromatic rings. The molecule has 0 bridgehead atoms. The highest BCUT2D eigenvalue weighted by Crippen LogP contribution is 2.33. The zero-order chi connectivity index (χ0) is 24.2. The maximum Gasteiger partial charge on any atom is 0.164 e. The molecule has 0 spiro atoms. The number of hydrogen-bond donors (Lipinski definition) is 0. The SMILES string of the molecule is Cc1c(C(=O)CCC(CF)N2CCN(c3cccc(Cl)c3Cl)CC2)cc(-c2ccccc2)n1C.Cl. The molecule has 4 nitrogen and oxygen atoms in total. The smallest absolute Gasteiger partial charge is 0.164 e. The minimum atomic E-state index is -0.464. The van der Waals surface area contributed by atoms with E-state index in [-0.39, 0.29) is 24.2 Å². The molecule has 1 unspecified atom stereocenters. The van der Waals surface area contributed by atoms with Gasteiger partial charge in [-0.05, 0) is 37.1 Å². The van der Waals surface area contributed by atoms with Crippen molar-refractivity contribution in [3.63, 3.8) is 0 Å². The van der Waals surface area contributed by atoms with Crippen molar-refractivity contribution in [2.45, 2.75) is 25.8 Å². The van der Waals surface area contributed by atoms with Crippen LogP contribution in [0.1, 0.15) is 28.9 Å². The van der Waals surface area contributed by atoms with E-state index in [0.717, 1.165) is 41.3 Å². The third-order valence-corrected chi connectivity index (χ3v) is 7.70. The summed E-state index contributed by atoms with van der Waals surface area (Å²) in [5, 5.41) is 1.09. The van der Waals surface area contributed by atoms with Crippen molar-refractivity contribution in [3.05, 3.63) is 75.9 Å². The van der Waals surface area contributed by atoms with Crippen LogP contribution in [0, 0.1) is 6.92 Å². The molecule has 8 heteroatoms. The number of rotatable bonds is 8. The standard InChI is InChI=1S/C27H30Cl2FN3O.ClH/c1-19-22(17-25(31(19)2)20-7-4-3-5-8-20)26(34)12-11-21(18-30)32-13-15-33(16-14-32)24-10-6-9-23(28)27(24)29;/h3-10,17,21H,11-16,18H2,1-2H3;1H. The van der Waals surface area contributed by atoms with E-state index in [1.165, 1.54) is 0 Å². The normalized spacial score (nSPS) is 15.1. The summed E-state index contributed by atoms with van der Waals surface area (Å²) in [5.41, 5.74) is 4.66. The van der Waals surface area contributed by atoms with Gasteiger partial charge in [0.2, 0.25) is 0 Å². The highest BCUT2D eigenvalue weighted by Gasteiger charge is 2.26. The van der Waals surface area contributed by atoms with Gasteiger partial charge in [-0.1, -0.05) is 59.6 Å². The van der Waals surface area contributed by atoms with Gasteiger partial charge >= 0.3 is 0 Å². The van der Waals surface area contributed by atoms with Gasteiger partial charge in [0.05, 0.1) is 15.7 Å². The summed E-state index contributed by atoms with van der Waals surface area (Å²) in [6.07, 6.45) is 0.830. The number of Topliss-reactive ketones (excluding diaryl/α,β-unsaturated/α-hetero) is 1. The highest BCUT2D eigenvalue weighted by atomic mass is 35.5. The third-order valence-electron chi connectivity index (χ3n) is 6.89. The van der Waals surface area contributed by atoms with Crippen LogP contribution in [0.15, 0.2) is 54.6 Å². The van der Waals surface area contributed by atoms with Crippen molar-refractivity contribution in [3.8, 4) is 11.3 Å². The molecule has 188 valence electrons. The summed E-state index contributed by atoms with van der Waals surface area (Å²) in [5.74, 6) is 0.0677. The van der Waals surface area contributed by atoms with Crippen LogP contribution in [0.2, 0.25) is 10.0 Å². The molecule has 0 N–H and O–H groups in total. The van der Waals surface area contributed by atoms with Crippen molar-refractivity contribution in [1.29, 1.82) is 0 Å². The van der Waals surface area contributed by atoms with Crippen LogP contribution in [-0.2, 0) is 7.05 Å². The maximum atomic E-state index is 14.0. The molecule has 0 saturated carbocycles. The summed E-state index contributed by atoms with van der Waals surface area (Å²) in [4.78, 5) is 17.4. The van der Waals surface area contributed by atoms with Crippen LogP contribution in [0.25, 0.3) is 11.3 Å². The van der Waals surface area contributed by atoms with E-state index in [1.54, 1.807) is 6.07 Å². The van der Waals surface area contributed by atoms with Crippen LogP contribution in [0.4, 0.5) is 10.1 Å². The second-order valence-corrected chi connectivity index (χ2v) is 9.60. The molecule has 1 aliphatic rings. The lowest BCUT2D eigenvalue weighted by Crippen LogP contribution is -2.51. The molecule has 0 radical (unpaired) electrons. The van der Waals surface area contributed by atoms with E-state index in [4.69, 9.17) is 23.2 Å². The molecule has 1 aliphatic heterocycles. The fraction of sp³-hybridized carbons (Fsp3) is 0.370. The first kappa shape index (κ1) is 27.5. The van der Waals surface area contributed by atoms with Gasteiger partial charge in [0.1, 0.15) is 6.67 Å². The monoisotopic (exact) mass is 537 g/mol. The number of ketones is 1. The van der Waals surface area contributed by atoms with E-state index in [0.29, 0.717) is 36.0 Å². The van der Waals surface area contributed by atoms with Gasteiger partial charge in [-0.25, -0.2) is 4.39 Å². The van der Waals surface area contributed by atoms with Gasteiger partial charge in [-0.3, -0.25) is 9.69 Å². The summed E-state index contributed by atoms with van der Waals surface area (Å²) in [7, 11) is 1.98. The Morgan fingerprint density at radius 1 is 1.03 bits per heavy atom. The van der Waals surface area contributed by atoms with Crippen molar-refractivity contribution < 1.29 is 9.18 Å². The van der Waals surface area contributed by atoms with Gasteiger partial charge in [-0.2, -0.15) is 0 Å². The molecule has 2 heterocycles. The van der Waals surface area contributed by atoms with Crippen molar-refractivity contribution in [1.82, 2.24) is 9.47 Å². The summed E-state index contributed by atoms with van der Waals surface area (Å²) in [6, 6.07) is 17.4. The molecule has 0 aliphatic carbocycles. The zero-order valence-electron chi connectivity index (χ0n) is 20.0. The Labute approximate surface area is 223 Å². The van der Waals surface area contributed by atoms with Crippen LogP contribution >= 0.6 is 35.6 Å². The number of nitrogens with zero attached hydrogens (tertiary/aromatic N) is 3. The lowest BCUT2D eigenvalue weighted by molar-refractivity contribution is 0.0943. The van der Waals surface area contributed by atoms with Crippen LogP contribution < -0.4 is 4.90 Å². The molecule has 1 fully saturated rings. The quantitative estimate of drug-likeness (QED) is 0.294. The Morgan fingerprint density at radius 3 is 2.37 bits per heavy atom. The average Bonchev–Trinajstić information content (AvgIpc) is 3.16. The Bertz CT molecular complexity index is 1140. The highest BCUT2D eigenvalue weighted by molar-refractivity contribution is 6.43. The number of anilines is 1. The topological polar surface area (TPSA) is 28.5 Å². The molecule has 0 amide bonds. The maximum absolute atomic E-state index is 14.0.